The highest BCUT2D eigenvalue weighted by atomic mass is 16.2. The molecule has 25 heavy (non-hydrogen) atoms. The molecule has 0 bridgehead atoms. The Kier molecular flexibility index (Phi) is 4.19. The fourth-order valence-corrected chi connectivity index (χ4v) is 4.10. The van der Waals surface area contributed by atoms with Crippen molar-refractivity contribution in [2.75, 3.05) is 18.0 Å². The summed E-state index contributed by atoms with van der Waals surface area (Å²) in [4.78, 5) is 34.3. The first-order valence-corrected chi connectivity index (χ1v) is 9.10. The van der Waals surface area contributed by atoms with Crippen molar-refractivity contribution in [2.45, 2.75) is 44.6 Å². The molecule has 1 saturated carbocycles. The van der Waals surface area contributed by atoms with E-state index in [9.17, 15) is 9.59 Å². The van der Waals surface area contributed by atoms with Gasteiger partial charge < -0.3 is 10.2 Å². The van der Waals surface area contributed by atoms with Crippen molar-refractivity contribution in [1.29, 1.82) is 0 Å². The number of anilines is 1. The highest BCUT2D eigenvalue weighted by Gasteiger charge is 2.34. The maximum Gasteiger partial charge on any atom is 0.263 e. The molecular weight excluding hydrogens is 320 g/mol. The van der Waals surface area contributed by atoms with Crippen molar-refractivity contribution in [3.63, 3.8) is 0 Å². The van der Waals surface area contributed by atoms with E-state index < -0.39 is 0 Å². The minimum absolute atomic E-state index is 0.0320. The predicted molar refractivity (Wildman–Crippen MR) is 94.5 cm³/mol. The first kappa shape index (κ1) is 16.1. The smallest absolute Gasteiger partial charge is 0.263 e. The van der Waals surface area contributed by atoms with Crippen molar-refractivity contribution < 1.29 is 4.79 Å². The SMILES string of the molecule is Cn1ncc2c(=O)[nH]c(N3CCNC(=O)[C@@H]3CC3CCCCC3)nc21. The average Bonchev–Trinajstić information content (AvgIpc) is 2.99. The number of piperazine rings is 1. The molecule has 2 fully saturated rings. The number of carbonyl (C=O) groups is 1. The van der Waals surface area contributed by atoms with Gasteiger partial charge in [-0.15, -0.1) is 0 Å². The summed E-state index contributed by atoms with van der Waals surface area (Å²) < 4.78 is 1.59. The van der Waals surface area contributed by atoms with Crippen molar-refractivity contribution in [1.82, 2.24) is 25.1 Å². The van der Waals surface area contributed by atoms with Crippen molar-refractivity contribution in [3.05, 3.63) is 16.6 Å². The first-order valence-electron chi connectivity index (χ1n) is 9.10. The van der Waals surface area contributed by atoms with E-state index in [2.05, 4.69) is 20.4 Å². The van der Waals surface area contributed by atoms with Crippen LogP contribution in [0.25, 0.3) is 11.0 Å². The Morgan fingerprint density at radius 2 is 2.04 bits per heavy atom. The Bertz CT molecular complexity index is 835. The van der Waals surface area contributed by atoms with Gasteiger partial charge in [-0.2, -0.15) is 10.1 Å². The number of hydrogen-bond acceptors (Lipinski definition) is 5. The van der Waals surface area contributed by atoms with E-state index in [-0.39, 0.29) is 17.5 Å². The van der Waals surface area contributed by atoms with Crippen LogP contribution in [0.1, 0.15) is 38.5 Å². The number of H-pyrrole nitrogens is 1. The Hall–Kier alpha value is -2.38. The zero-order valence-electron chi connectivity index (χ0n) is 14.5. The minimum Gasteiger partial charge on any atom is -0.353 e. The van der Waals surface area contributed by atoms with E-state index in [0.29, 0.717) is 36.0 Å². The molecule has 2 aromatic heterocycles. The van der Waals surface area contributed by atoms with Gasteiger partial charge in [0.25, 0.3) is 5.56 Å². The van der Waals surface area contributed by atoms with Crippen molar-refractivity contribution >= 4 is 22.9 Å². The van der Waals surface area contributed by atoms with Crippen LogP contribution in [0, 0.1) is 5.92 Å². The van der Waals surface area contributed by atoms with Gasteiger partial charge in [0, 0.05) is 20.1 Å². The van der Waals surface area contributed by atoms with Gasteiger partial charge in [0.2, 0.25) is 11.9 Å². The number of amides is 1. The third kappa shape index (κ3) is 3.01. The summed E-state index contributed by atoms with van der Waals surface area (Å²) in [5.41, 5.74) is 0.330. The molecule has 2 aromatic rings. The molecule has 0 aromatic carbocycles. The molecular formula is C17H24N6O2. The van der Waals surface area contributed by atoms with Gasteiger partial charge in [0.1, 0.15) is 11.4 Å². The number of nitrogens with zero attached hydrogens (tertiary/aromatic N) is 4. The molecule has 3 heterocycles. The van der Waals surface area contributed by atoms with Crippen molar-refractivity contribution in [2.24, 2.45) is 13.0 Å². The van der Waals surface area contributed by atoms with Crippen LogP contribution in [0.3, 0.4) is 0 Å². The van der Waals surface area contributed by atoms with Crippen LogP contribution >= 0.6 is 0 Å². The fraction of sp³-hybridized carbons (Fsp3) is 0.647. The average molecular weight is 344 g/mol. The van der Waals surface area contributed by atoms with Crippen LogP contribution in [0.4, 0.5) is 5.95 Å². The van der Waals surface area contributed by atoms with Gasteiger partial charge in [-0.05, 0) is 12.3 Å². The summed E-state index contributed by atoms with van der Waals surface area (Å²) >= 11 is 0. The van der Waals surface area contributed by atoms with E-state index in [1.807, 2.05) is 4.90 Å². The van der Waals surface area contributed by atoms with E-state index in [4.69, 9.17) is 0 Å². The molecule has 2 N–H and O–H groups in total. The van der Waals surface area contributed by atoms with Gasteiger partial charge >= 0.3 is 0 Å². The Labute approximate surface area is 145 Å². The van der Waals surface area contributed by atoms with Gasteiger partial charge in [0.15, 0.2) is 5.65 Å². The molecule has 134 valence electrons. The van der Waals surface area contributed by atoms with Crippen LogP contribution in [-0.2, 0) is 11.8 Å². The molecule has 8 heteroatoms. The number of carbonyl (C=O) groups excluding carboxylic acids is 1. The molecule has 1 aliphatic heterocycles. The van der Waals surface area contributed by atoms with Gasteiger partial charge in [0.05, 0.1) is 6.20 Å². The lowest BCUT2D eigenvalue weighted by molar-refractivity contribution is -0.123. The molecule has 2 aliphatic rings. The number of aromatic amines is 1. The highest BCUT2D eigenvalue weighted by Crippen LogP contribution is 2.30. The normalized spacial score (nSPS) is 22.4. The number of fused-ring (bicyclic) bond motifs is 1. The molecule has 1 aliphatic carbocycles. The van der Waals surface area contributed by atoms with Crippen LogP contribution in [0.15, 0.2) is 11.0 Å². The molecule has 8 nitrogen and oxygen atoms in total. The second kappa shape index (κ2) is 6.50. The summed E-state index contributed by atoms with van der Waals surface area (Å²) in [6, 6.07) is -0.273. The van der Waals surface area contributed by atoms with Crippen LogP contribution in [0.5, 0.6) is 0 Å². The third-order valence-corrected chi connectivity index (χ3v) is 5.47. The molecule has 4 rings (SSSR count). The molecule has 1 atom stereocenters. The Morgan fingerprint density at radius 1 is 1.24 bits per heavy atom. The second-order valence-corrected chi connectivity index (χ2v) is 7.13. The lowest BCUT2D eigenvalue weighted by atomic mass is 9.84. The third-order valence-electron chi connectivity index (χ3n) is 5.47. The lowest BCUT2D eigenvalue weighted by Crippen LogP contribution is -2.56. The van der Waals surface area contributed by atoms with Crippen LogP contribution < -0.4 is 15.8 Å². The standard InChI is InChI=1S/C17H24N6O2/c1-22-14-12(10-19-22)15(24)21-17(20-14)23-8-7-18-16(25)13(23)9-11-5-3-2-4-6-11/h10-11,13H,2-9H2,1H3,(H,18,25)(H,20,21,24)/t13-/m0/s1. The lowest BCUT2D eigenvalue weighted by Gasteiger charge is -2.37. The van der Waals surface area contributed by atoms with E-state index in [0.717, 1.165) is 6.42 Å². The summed E-state index contributed by atoms with van der Waals surface area (Å²) in [5.74, 6) is 1.07. The van der Waals surface area contributed by atoms with E-state index in [1.165, 1.54) is 38.3 Å². The molecule has 0 spiro atoms. The monoisotopic (exact) mass is 344 g/mol. The van der Waals surface area contributed by atoms with E-state index >= 15 is 0 Å². The molecule has 0 radical (unpaired) electrons. The van der Waals surface area contributed by atoms with Gasteiger partial charge in [-0.25, -0.2) is 0 Å². The minimum atomic E-state index is -0.273. The number of aromatic nitrogens is 4. The van der Waals surface area contributed by atoms with Crippen LogP contribution in [0.2, 0.25) is 0 Å². The Balaban J connectivity index is 1.67. The number of nitrogens with one attached hydrogen (secondary N) is 2. The molecule has 1 amide bonds. The maximum absolute atomic E-state index is 12.5. The summed E-state index contributed by atoms with van der Waals surface area (Å²) in [5, 5.41) is 7.54. The summed E-state index contributed by atoms with van der Waals surface area (Å²) in [7, 11) is 1.76. The zero-order valence-corrected chi connectivity index (χ0v) is 14.5. The first-order chi connectivity index (χ1) is 12.1. The number of aryl methyl sites for hydroxylation is 1. The van der Waals surface area contributed by atoms with Crippen molar-refractivity contribution in [3.8, 4) is 0 Å². The summed E-state index contributed by atoms with van der Waals surface area (Å²) in [6.07, 6.45) is 8.49. The van der Waals surface area contributed by atoms with Gasteiger partial charge in [-0.1, -0.05) is 32.1 Å². The second-order valence-electron chi connectivity index (χ2n) is 7.13. The van der Waals surface area contributed by atoms with Crippen LogP contribution in [-0.4, -0.2) is 44.8 Å². The maximum atomic E-state index is 12.5. The van der Waals surface area contributed by atoms with Gasteiger partial charge in [-0.3, -0.25) is 19.3 Å². The summed E-state index contributed by atoms with van der Waals surface area (Å²) in [6.45, 7) is 1.21. The quantitative estimate of drug-likeness (QED) is 0.864. The topological polar surface area (TPSA) is 95.9 Å². The van der Waals surface area contributed by atoms with E-state index in [1.54, 1.807) is 11.7 Å². The molecule has 0 unspecified atom stereocenters. The fourth-order valence-electron chi connectivity index (χ4n) is 4.10. The highest BCUT2D eigenvalue weighted by molar-refractivity contribution is 5.86. The zero-order chi connectivity index (χ0) is 17.4. The number of hydrogen-bond donors (Lipinski definition) is 2. The Morgan fingerprint density at radius 3 is 2.84 bits per heavy atom. The predicted octanol–water partition coefficient (Wildman–Crippen LogP) is 0.932. The molecule has 1 saturated heterocycles. The number of rotatable bonds is 3. The largest absolute Gasteiger partial charge is 0.353 e.